The molecule has 9 heteroatoms. The number of halogens is 2. The topological polar surface area (TPSA) is 69.6 Å². The predicted octanol–water partition coefficient (Wildman–Crippen LogP) is 5.04. The molecule has 2 aromatic carbocycles. The summed E-state index contributed by atoms with van der Waals surface area (Å²) < 4.78 is 0. The van der Waals surface area contributed by atoms with Crippen molar-refractivity contribution in [2.45, 2.75) is 26.3 Å². The molecule has 0 aliphatic carbocycles. The first-order valence-electron chi connectivity index (χ1n) is 12.1. The molecule has 1 saturated heterocycles. The Morgan fingerprint density at radius 2 is 1.58 bits per heavy atom. The number of hydrogen-bond donors (Lipinski definition) is 0. The van der Waals surface area contributed by atoms with Crippen molar-refractivity contribution in [3.8, 4) is 11.3 Å². The van der Waals surface area contributed by atoms with Gasteiger partial charge in [0.15, 0.2) is 5.82 Å². The summed E-state index contributed by atoms with van der Waals surface area (Å²) in [5.74, 6) is 0.458. The highest BCUT2D eigenvalue weighted by molar-refractivity contribution is 6.34. The maximum Gasteiger partial charge on any atom is 0.256 e. The number of hydrogen-bond acceptors (Lipinski definition) is 5. The van der Waals surface area contributed by atoms with Crippen molar-refractivity contribution < 1.29 is 9.59 Å². The summed E-state index contributed by atoms with van der Waals surface area (Å²) in [7, 11) is 0. The monoisotopic (exact) mass is 525 g/mol. The molecule has 3 aromatic rings. The van der Waals surface area contributed by atoms with Gasteiger partial charge in [0.05, 0.1) is 21.3 Å². The van der Waals surface area contributed by atoms with E-state index in [0.717, 1.165) is 17.8 Å². The molecule has 4 rings (SSSR count). The fourth-order valence-corrected chi connectivity index (χ4v) is 4.62. The molecule has 1 atom stereocenters. The van der Waals surface area contributed by atoms with Gasteiger partial charge in [0, 0.05) is 37.8 Å². The van der Waals surface area contributed by atoms with Crippen molar-refractivity contribution in [3.05, 3.63) is 76.3 Å². The van der Waals surface area contributed by atoms with Crippen molar-refractivity contribution in [1.29, 1.82) is 0 Å². The van der Waals surface area contributed by atoms with E-state index < -0.39 is 0 Å². The number of anilines is 1. The summed E-state index contributed by atoms with van der Waals surface area (Å²) >= 11 is 12.5. The zero-order valence-electron chi connectivity index (χ0n) is 20.4. The van der Waals surface area contributed by atoms with Crippen molar-refractivity contribution in [1.82, 2.24) is 20.0 Å². The first-order valence-corrected chi connectivity index (χ1v) is 12.8. The Labute approximate surface area is 221 Å². The van der Waals surface area contributed by atoms with E-state index in [0.29, 0.717) is 47.5 Å². The van der Waals surface area contributed by atoms with Gasteiger partial charge >= 0.3 is 0 Å². The molecule has 1 aliphatic rings. The molecule has 0 saturated carbocycles. The summed E-state index contributed by atoms with van der Waals surface area (Å²) in [5, 5.41) is 9.76. The lowest BCUT2D eigenvalue weighted by molar-refractivity contribution is -0.132. The molecule has 1 aliphatic heterocycles. The highest BCUT2D eigenvalue weighted by atomic mass is 35.5. The number of piperazine rings is 1. The van der Waals surface area contributed by atoms with E-state index >= 15 is 0 Å². The van der Waals surface area contributed by atoms with Gasteiger partial charge in [0.2, 0.25) is 5.91 Å². The smallest absolute Gasteiger partial charge is 0.256 e. The second-order valence-corrected chi connectivity index (χ2v) is 9.61. The van der Waals surface area contributed by atoms with E-state index in [-0.39, 0.29) is 24.4 Å². The van der Waals surface area contributed by atoms with Crippen LogP contribution in [-0.4, -0.2) is 70.6 Å². The molecule has 1 fully saturated rings. The van der Waals surface area contributed by atoms with Crippen LogP contribution in [0.15, 0.2) is 60.7 Å². The van der Waals surface area contributed by atoms with E-state index in [1.165, 1.54) is 0 Å². The zero-order chi connectivity index (χ0) is 25.7. The number of amides is 2. The Morgan fingerprint density at radius 3 is 2.19 bits per heavy atom. The number of nitrogens with zero attached hydrogens (tertiary/aromatic N) is 5. The lowest BCUT2D eigenvalue weighted by Gasteiger charge is -2.37. The second-order valence-electron chi connectivity index (χ2n) is 8.79. The van der Waals surface area contributed by atoms with Crippen molar-refractivity contribution >= 4 is 40.8 Å². The molecule has 0 bridgehead atoms. The van der Waals surface area contributed by atoms with Crippen LogP contribution in [0.3, 0.4) is 0 Å². The lowest BCUT2D eigenvalue weighted by atomic mass is 10.1. The lowest BCUT2D eigenvalue weighted by Crippen LogP contribution is -2.53. The molecule has 36 heavy (non-hydrogen) atoms. The molecule has 7 nitrogen and oxygen atoms in total. The van der Waals surface area contributed by atoms with Crippen molar-refractivity contribution in [2.24, 2.45) is 0 Å². The van der Waals surface area contributed by atoms with Crippen molar-refractivity contribution in [3.63, 3.8) is 0 Å². The van der Waals surface area contributed by atoms with Gasteiger partial charge in [-0.2, -0.15) is 0 Å². The molecule has 1 unspecified atom stereocenters. The van der Waals surface area contributed by atoms with Crippen molar-refractivity contribution in [2.75, 3.05) is 37.6 Å². The summed E-state index contributed by atoms with van der Waals surface area (Å²) in [6.45, 7) is 6.32. The average Bonchev–Trinajstić information content (AvgIpc) is 2.91. The van der Waals surface area contributed by atoms with Crippen LogP contribution in [0, 0.1) is 0 Å². The normalized spacial score (nSPS) is 14.4. The van der Waals surface area contributed by atoms with Gasteiger partial charge in [-0.25, -0.2) is 0 Å². The largest absolute Gasteiger partial charge is 0.352 e. The molecule has 0 N–H and O–H groups in total. The highest BCUT2D eigenvalue weighted by Crippen LogP contribution is 2.26. The van der Waals surface area contributed by atoms with E-state index in [9.17, 15) is 9.59 Å². The molecule has 0 radical (unpaired) electrons. The van der Waals surface area contributed by atoms with Gasteiger partial charge in [-0.3, -0.25) is 9.59 Å². The molecule has 2 heterocycles. The van der Waals surface area contributed by atoms with Gasteiger partial charge in [-0.15, -0.1) is 10.2 Å². The third-order valence-corrected chi connectivity index (χ3v) is 7.21. The maximum atomic E-state index is 13.2. The summed E-state index contributed by atoms with van der Waals surface area (Å²) in [6, 6.07) is 18.2. The summed E-state index contributed by atoms with van der Waals surface area (Å²) in [6.07, 6.45) is 0.736. The van der Waals surface area contributed by atoms with Crippen LogP contribution in [0.4, 0.5) is 5.82 Å². The maximum absolute atomic E-state index is 13.2. The minimum Gasteiger partial charge on any atom is -0.352 e. The van der Waals surface area contributed by atoms with Crippen LogP contribution in [0.25, 0.3) is 11.3 Å². The van der Waals surface area contributed by atoms with Crippen LogP contribution in [0.2, 0.25) is 10.0 Å². The van der Waals surface area contributed by atoms with Gasteiger partial charge in [-0.1, -0.05) is 60.5 Å². The number of rotatable bonds is 7. The van der Waals surface area contributed by atoms with Gasteiger partial charge < -0.3 is 14.7 Å². The molecular weight excluding hydrogens is 497 g/mol. The average molecular weight is 526 g/mol. The van der Waals surface area contributed by atoms with Crippen LogP contribution >= 0.6 is 23.2 Å². The molecule has 188 valence electrons. The molecule has 1 aromatic heterocycles. The zero-order valence-corrected chi connectivity index (χ0v) is 21.9. The number of benzene rings is 2. The van der Waals surface area contributed by atoms with Crippen LogP contribution in [0.5, 0.6) is 0 Å². The number of carbonyl (C=O) groups excluding carboxylic acids is 2. The van der Waals surface area contributed by atoms with E-state index in [1.807, 2.05) is 50.2 Å². The van der Waals surface area contributed by atoms with Crippen LogP contribution < -0.4 is 4.90 Å². The first-order chi connectivity index (χ1) is 17.4. The Bertz CT molecular complexity index is 1210. The van der Waals surface area contributed by atoms with Gasteiger partial charge in [-0.05, 0) is 43.7 Å². The Morgan fingerprint density at radius 1 is 0.917 bits per heavy atom. The first kappa shape index (κ1) is 25.9. The van der Waals surface area contributed by atoms with E-state index in [2.05, 4.69) is 15.1 Å². The third kappa shape index (κ3) is 5.79. The highest BCUT2D eigenvalue weighted by Gasteiger charge is 2.28. The standard InChI is InChI=1S/C27H29Cl2N5O2/c1-3-19(2)34(27(36)21-9-5-7-11-23(21)29)18-26(35)33-16-14-32(15-17-33)25-13-12-24(30-31-25)20-8-4-6-10-22(20)28/h4-13,19H,3,14-18H2,1-2H3. The van der Waals surface area contributed by atoms with Crippen LogP contribution in [-0.2, 0) is 4.79 Å². The fourth-order valence-electron chi connectivity index (χ4n) is 4.17. The number of aromatic nitrogens is 2. The summed E-state index contributed by atoms with van der Waals surface area (Å²) in [4.78, 5) is 31.9. The molecule has 2 amide bonds. The van der Waals surface area contributed by atoms with Gasteiger partial charge in [0.1, 0.15) is 6.54 Å². The predicted molar refractivity (Wildman–Crippen MR) is 144 cm³/mol. The molecular formula is C27H29Cl2N5O2. The minimum absolute atomic E-state index is 0.0192. The van der Waals surface area contributed by atoms with E-state index in [1.54, 1.807) is 34.1 Å². The molecule has 0 spiro atoms. The minimum atomic E-state index is -0.226. The summed E-state index contributed by atoms with van der Waals surface area (Å²) in [5.41, 5.74) is 1.97. The Hall–Kier alpha value is -3.16. The van der Waals surface area contributed by atoms with Crippen LogP contribution in [0.1, 0.15) is 30.6 Å². The van der Waals surface area contributed by atoms with Gasteiger partial charge in [0.25, 0.3) is 5.91 Å². The Balaban J connectivity index is 1.38. The second kappa shape index (κ2) is 11.7. The van der Waals surface area contributed by atoms with E-state index in [4.69, 9.17) is 23.2 Å². The number of carbonyl (C=O) groups is 2. The Kier molecular flexibility index (Phi) is 8.44. The SMILES string of the molecule is CCC(C)N(CC(=O)N1CCN(c2ccc(-c3ccccc3Cl)nn2)CC1)C(=O)c1ccccc1Cl. The quantitative estimate of drug-likeness (QED) is 0.432. The fraction of sp³-hybridized carbons (Fsp3) is 0.333. The third-order valence-electron chi connectivity index (χ3n) is 6.55.